The second-order valence-corrected chi connectivity index (χ2v) is 11.7. The normalized spacial score (nSPS) is 9.43. The second-order valence-electron chi connectivity index (χ2n) is 7.86. The number of carbonyl (C=O) groups excluding carboxylic acids is 2. The van der Waals surface area contributed by atoms with Crippen molar-refractivity contribution in [3.8, 4) is 11.1 Å². The summed E-state index contributed by atoms with van der Waals surface area (Å²) in [4.78, 5) is 16.7. The molecule has 0 fully saturated rings. The summed E-state index contributed by atoms with van der Waals surface area (Å²) in [6.45, 7) is 5.59. The van der Waals surface area contributed by atoms with Crippen molar-refractivity contribution in [2.24, 2.45) is 0 Å². The van der Waals surface area contributed by atoms with Crippen LogP contribution in [0.15, 0.2) is 121 Å². The molecule has 4 rings (SSSR count). The van der Waals surface area contributed by atoms with Gasteiger partial charge in [-0.25, -0.2) is 0 Å². The van der Waals surface area contributed by atoms with Gasteiger partial charge in [-0.15, -0.1) is 15.7 Å². The van der Waals surface area contributed by atoms with Crippen LogP contribution in [0.1, 0.15) is 6.42 Å². The number of carbonyl (C=O) groups is 1. The van der Waals surface area contributed by atoms with Crippen molar-refractivity contribution in [1.29, 1.82) is 0 Å². The van der Waals surface area contributed by atoms with Gasteiger partial charge in [0, 0.05) is 0 Å². The van der Waals surface area contributed by atoms with E-state index in [1.165, 1.54) is 28.8 Å². The van der Waals surface area contributed by atoms with Crippen molar-refractivity contribution in [1.82, 2.24) is 5.32 Å². The number of nitrogens with one attached hydrogen (secondary N) is 1. The molecule has 0 aromatic heterocycles. The number of methoxy groups -OCH3 is 1. The number of hydrogen-bond donors (Lipinski definition) is 1. The molecule has 1 radical (unpaired) electrons. The average Bonchev–Trinajstić information content (AvgIpc) is 3.03. The minimum absolute atomic E-state index is 0. The molecule has 4 aromatic carbocycles. The fourth-order valence-electron chi connectivity index (χ4n) is 3.50. The molecule has 0 saturated heterocycles. The SMILES string of the molecule is COC=O.PCCNCC[C-](Cl)[PH+](c1ccccc1)c1ccccc1.[CH-]=O.[RuH+3].c1ccc(-c2ccccc2)cc1. The van der Waals surface area contributed by atoms with Gasteiger partial charge in [-0.3, -0.25) is 23.2 Å². The number of hydrogen-bond acceptors (Lipinski definition) is 4. The third-order valence-corrected chi connectivity index (χ3v) is 8.87. The molecule has 0 aliphatic carbocycles. The van der Waals surface area contributed by atoms with Gasteiger partial charge in [-0.05, 0) is 62.6 Å². The summed E-state index contributed by atoms with van der Waals surface area (Å²) >= 11 is 6.71. The summed E-state index contributed by atoms with van der Waals surface area (Å²) in [5, 5.41) is 7.21. The predicted octanol–water partition coefficient (Wildman–Crippen LogP) is 6.03. The monoisotopic (exact) mass is 683 g/mol. The Kier molecular flexibility index (Phi) is 24.3. The Morgan fingerprint density at radius 1 is 0.775 bits per heavy atom. The first-order chi connectivity index (χ1) is 19.2. The Hall–Kier alpha value is -2.25. The van der Waals surface area contributed by atoms with E-state index in [2.05, 4.69) is 135 Å². The topological polar surface area (TPSA) is 55.4 Å². The van der Waals surface area contributed by atoms with Crippen molar-refractivity contribution >= 4 is 52.6 Å². The molecule has 0 heterocycles. The van der Waals surface area contributed by atoms with E-state index in [9.17, 15) is 0 Å². The van der Waals surface area contributed by atoms with Gasteiger partial charge in [0.05, 0.1) is 17.7 Å². The molecule has 0 bridgehead atoms. The average molecular weight is 683 g/mol. The summed E-state index contributed by atoms with van der Waals surface area (Å²) < 4.78 is 3.86. The molecule has 0 saturated carbocycles. The largest absolute Gasteiger partial charge is 0.0622 e. The summed E-state index contributed by atoms with van der Waals surface area (Å²) in [5.41, 5.74) is 2.55. The molecule has 212 valence electrons. The van der Waals surface area contributed by atoms with Gasteiger partial charge in [0.25, 0.3) is 6.47 Å². The molecule has 40 heavy (non-hydrogen) atoms. The Labute approximate surface area is 261 Å². The van der Waals surface area contributed by atoms with E-state index in [1.54, 1.807) is 0 Å². The van der Waals surface area contributed by atoms with Crippen LogP contribution in [0.5, 0.6) is 0 Å². The Morgan fingerprint density at radius 3 is 1.45 bits per heavy atom. The number of rotatable bonds is 10. The molecule has 1 unspecified atom stereocenters. The predicted molar refractivity (Wildman–Crippen MR) is 175 cm³/mol. The Balaban J connectivity index is 0.000000675. The van der Waals surface area contributed by atoms with Crippen LogP contribution in [-0.2, 0) is 33.8 Å². The maximum absolute atomic E-state index is 8.95. The number of halogens is 1. The smallest absolute Gasteiger partial charge is 0.0184 e. The standard InChI is InChI=1S/C17H22ClNP2.C12H10.C2H4O2.CHO.Ru.H/c18-17(11-12-19-13-14-20)21(15-7-3-1-4-8-15)16-9-5-2-6-10-16;1-3-7-11(8-4-1)12-9-5-2-6-10-12;1-4-2-3;1-2;;/h1-10,19,21H,11-14,20H2;1-10H;2H,1H3;1H;;/q;;;-1;+3;. The third-order valence-electron chi connectivity index (χ3n) is 5.22. The van der Waals surface area contributed by atoms with Crippen LogP contribution in [0.4, 0.5) is 0 Å². The molecule has 4 aromatic rings. The molecule has 0 spiro atoms. The van der Waals surface area contributed by atoms with Gasteiger partial charge in [-0.1, -0.05) is 102 Å². The van der Waals surface area contributed by atoms with E-state index in [-0.39, 0.29) is 19.5 Å². The van der Waals surface area contributed by atoms with Gasteiger partial charge in [0.2, 0.25) is 0 Å². The van der Waals surface area contributed by atoms with E-state index < -0.39 is 7.92 Å². The molecular formula is C32H38ClNO3P2Ru+2. The molecule has 0 amide bonds. The minimum atomic E-state index is -1.03. The quantitative estimate of drug-likeness (QED) is 0.0730. The molecule has 1 N–H and O–H groups in total. The van der Waals surface area contributed by atoms with E-state index in [4.69, 9.17) is 21.2 Å². The third kappa shape index (κ3) is 15.5. The molecule has 1 atom stereocenters. The zero-order valence-corrected chi connectivity index (χ0v) is 27.4. The molecule has 8 heteroatoms. The van der Waals surface area contributed by atoms with E-state index in [0.29, 0.717) is 6.47 Å². The van der Waals surface area contributed by atoms with Gasteiger partial charge >= 0.3 is 19.5 Å². The first-order valence-corrected chi connectivity index (χ1v) is 15.1. The Morgan fingerprint density at radius 2 is 1.12 bits per heavy atom. The van der Waals surface area contributed by atoms with Gasteiger partial charge in [0.15, 0.2) is 0 Å². The van der Waals surface area contributed by atoms with Crippen LogP contribution in [0.2, 0.25) is 0 Å². The summed E-state index contributed by atoms with van der Waals surface area (Å²) in [7, 11) is 3.02. The fraction of sp³-hybridized carbons (Fsp3) is 0.156. The fourth-order valence-corrected chi connectivity index (χ4v) is 6.84. The van der Waals surface area contributed by atoms with E-state index in [1.807, 2.05) is 12.1 Å². The van der Waals surface area contributed by atoms with Crippen molar-refractivity contribution in [3.05, 3.63) is 126 Å². The maximum atomic E-state index is 8.95. The summed E-state index contributed by atoms with van der Waals surface area (Å²) in [6.07, 6.45) is 2.00. The maximum Gasteiger partial charge on any atom is -0.0184 e. The summed E-state index contributed by atoms with van der Waals surface area (Å²) in [6, 6.07) is 42.1. The number of ether oxygens (including phenoxy) is 1. The van der Waals surface area contributed by atoms with Gasteiger partial charge in [0.1, 0.15) is 0 Å². The summed E-state index contributed by atoms with van der Waals surface area (Å²) in [5.74, 6) is 0. The van der Waals surface area contributed by atoms with Crippen LogP contribution in [-0.4, -0.2) is 39.6 Å². The van der Waals surface area contributed by atoms with Crippen LogP contribution >= 0.6 is 28.8 Å². The van der Waals surface area contributed by atoms with Gasteiger partial charge < -0.3 is 14.8 Å². The van der Waals surface area contributed by atoms with Crippen LogP contribution in [0.3, 0.4) is 0 Å². The minimum Gasteiger partial charge on any atom is -0.0622 e. The zero-order chi connectivity index (χ0) is 28.6. The first kappa shape index (κ1) is 37.8. The van der Waals surface area contributed by atoms with Crippen molar-refractivity contribution in [2.75, 3.05) is 26.4 Å². The molecule has 0 aliphatic heterocycles. The van der Waals surface area contributed by atoms with Crippen LogP contribution in [0.25, 0.3) is 11.1 Å². The Bertz CT molecular complexity index is 1040. The van der Waals surface area contributed by atoms with Gasteiger partial charge in [-0.2, -0.15) is 0 Å². The van der Waals surface area contributed by atoms with Crippen molar-refractivity contribution < 1.29 is 33.8 Å². The van der Waals surface area contributed by atoms with E-state index in [0.717, 1.165) is 30.8 Å². The first-order valence-electron chi connectivity index (χ1n) is 12.4. The molecular weight excluding hydrogens is 645 g/mol. The van der Waals surface area contributed by atoms with Crippen molar-refractivity contribution in [3.63, 3.8) is 0 Å². The van der Waals surface area contributed by atoms with Crippen LogP contribution in [0, 0.1) is 5.12 Å². The second kappa shape index (κ2) is 25.7. The van der Waals surface area contributed by atoms with E-state index >= 15 is 0 Å². The van der Waals surface area contributed by atoms with Crippen LogP contribution < -0.4 is 15.9 Å². The molecule has 0 aliphatic rings. The molecule has 4 nitrogen and oxygen atoms in total. The zero-order valence-electron chi connectivity index (χ0n) is 22.6. The number of benzene rings is 4. The van der Waals surface area contributed by atoms with Crippen molar-refractivity contribution in [2.45, 2.75) is 6.42 Å².